The molecule has 0 saturated heterocycles. The van der Waals surface area contributed by atoms with E-state index in [1.54, 1.807) is 18.2 Å². The van der Waals surface area contributed by atoms with E-state index in [0.717, 1.165) is 11.1 Å². The standard InChI is InChI=1S/C15H17NO4S/c1-10-4-6-13(8-11(10)2)21(18,19)16-12-5-7-15(20-3)14(17)9-12/h4-9,16-17H,1-3H3. The molecule has 0 bridgehead atoms. The van der Waals surface area contributed by atoms with Gasteiger partial charge in [0.1, 0.15) is 0 Å². The van der Waals surface area contributed by atoms with Gasteiger partial charge in [-0.05, 0) is 49.2 Å². The lowest BCUT2D eigenvalue weighted by Crippen LogP contribution is -2.13. The second-order valence-electron chi connectivity index (χ2n) is 4.74. The lowest BCUT2D eigenvalue weighted by atomic mass is 10.1. The number of anilines is 1. The summed E-state index contributed by atoms with van der Waals surface area (Å²) >= 11 is 0. The molecule has 0 atom stereocenters. The molecule has 0 aromatic heterocycles. The highest BCUT2D eigenvalue weighted by molar-refractivity contribution is 7.92. The fourth-order valence-electron chi connectivity index (χ4n) is 1.85. The molecule has 0 spiro atoms. The molecule has 0 saturated carbocycles. The number of hydrogen-bond acceptors (Lipinski definition) is 4. The molecular formula is C15H17NO4S. The molecule has 5 nitrogen and oxygen atoms in total. The largest absolute Gasteiger partial charge is 0.504 e. The van der Waals surface area contributed by atoms with Gasteiger partial charge in [-0.15, -0.1) is 0 Å². The minimum Gasteiger partial charge on any atom is -0.504 e. The van der Waals surface area contributed by atoms with Crippen LogP contribution in [0.15, 0.2) is 41.3 Å². The van der Waals surface area contributed by atoms with Gasteiger partial charge in [0.15, 0.2) is 11.5 Å². The van der Waals surface area contributed by atoms with Gasteiger partial charge in [0.25, 0.3) is 10.0 Å². The van der Waals surface area contributed by atoms with Crippen LogP contribution in [0.1, 0.15) is 11.1 Å². The van der Waals surface area contributed by atoms with Gasteiger partial charge in [-0.25, -0.2) is 8.42 Å². The van der Waals surface area contributed by atoms with Gasteiger partial charge in [0, 0.05) is 6.07 Å². The Morgan fingerprint density at radius 3 is 2.33 bits per heavy atom. The van der Waals surface area contributed by atoms with Crippen LogP contribution >= 0.6 is 0 Å². The lowest BCUT2D eigenvalue weighted by Gasteiger charge is -2.11. The van der Waals surface area contributed by atoms with E-state index in [0.29, 0.717) is 0 Å². The number of rotatable bonds is 4. The minimum atomic E-state index is -3.69. The highest BCUT2D eigenvalue weighted by atomic mass is 32.2. The first-order valence-corrected chi connectivity index (χ1v) is 7.79. The van der Waals surface area contributed by atoms with Crippen LogP contribution in [0.3, 0.4) is 0 Å². The lowest BCUT2D eigenvalue weighted by molar-refractivity contribution is 0.373. The summed E-state index contributed by atoms with van der Waals surface area (Å²) in [6.07, 6.45) is 0. The van der Waals surface area contributed by atoms with E-state index in [-0.39, 0.29) is 22.1 Å². The Bertz CT molecular complexity index is 769. The van der Waals surface area contributed by atoms with Gasteiger partial charge < -0.3 is 9.84 Å². The Morgan fingerprint density at radius 1 is 1.05 bits per heavy atom. The van der Waals surface area contributed by atoms with E-state index in [2.05, 4.69) is 4.72 Å². The van der Waals surface area contributed by atoms with Gasteiger partial charge in [-0.1, -0.05) is 6.07 Å². The zero-order valence-electron chi connectivity index (χ0n) is 12.0. The fraction of sp³-hybridized carbons (Fsp3) is 0.200. The molecule has 21 heavy (non-hydrogen) atoms. The summed E-state index contributed by atoms with van der Waals surface area (Å²) in [5.74, 6) is 0.155. The number of methoxy groups -OCH3 is 1. The SMILES string of the molecule is COc1ccc(NS(=O)(=O)c2ccc(C)c(C)c2)cc1O. The Hall–Kier alpha value is -2.21. The first-order chi connectivity index (χ1) is 9.83. The van der Waals surface area contributed by atoms with Gasteiger partial charge in [-0.2, -0.15) is 0 Å². The summed E-state index contributed by atoms with van der Waals surface area (Å²) in [5, 5.41) is 9.68. The number of sulfonamides is 1. The summed E-state index contributed by atoms with van der Waals surface area (Å²) in [4.78, 5) is 0.181. The molecule has 2 aromatic rings. The topological polar surface area (TPSA) is 75.6 Å². The minimum absolute atomic E-state index is 0.127. The molecule has 0 aliphatic rings. The monoisotopic (exact) mass is 307 g/mol. The van der Waals surface area contributed by atoms with E-state index < -0.39 is 10.0 Å². The number of phenols is 1. The second-order valence-corrected chi connectivity index (χ2v) is 6.42. The van der Waals surface area contributed by atoms with E-state index >= 15 is 0 Å². The summed E-state index contributed by atoms with van der Waals surface area (Å²) in [6.45, 7) is 3.77. The van der Waals surface area contributed by atoms with Crippen molar-refractivity contribution in [3.63, 3.8) is 0 Å². The number of benzene rings is 2. The van der Waals surface area contributed by atoms with Crippen LogP contribution in [0.5, 0.6) is 11.5 Å². The molecule has 0 unspecified atom stereocenters. The summed E-state index contributed by atoms with van der Waals surface area (Å²) < 4.78 is 32.0. The van der Waals surface area contributed by atoms with Crippen molar-refractivity contribution in [2.45, 2.75) is 18.7 Å². The molecule has 0 amide bonds. The van der Waals surface area contributed by atoms with Gasteiger partial charge in [0.2, 0.25) is 0 Å². The van der Waals surface area contributed by atoms with Crippen LogP contribution in [-0.4, -0.2) is 20.6 Å². The molecule has 6 heteroatoms. The molecule has 0 heterocycles. The van der Waals surface area contributed by atoms with Crippen molar-refractivity contribution in [2.24, 2.45) is 0 Å². The van der Waals surface area contributed by atoms with Gasteiger partial charge in [0.05, 0.1) is 17.7 Å². The summed E-state index contributed by atoms with van der Waals surface area (Å²) in [7, 11) is -2.27. The van der Waals surface area contributed by atoms with Crippen LogP contribution in [-0.2, 0) is 10.0 Å². The van der Waals surface area contributed by atoms with E-state index in [1.807, 2.05) is 13.8 Å². The summed E-state index contributed by atoms with van der Waals surface area (Å²) in [6, 6.07) is 9.24. The normalized spacial score (nSPS) is 11.2. The maximum atomic E-state index is 12.3. The fourth-order valence-corrected chi connectivity index (χ4v) is 2.98. The van der Waals surface area contributed by atoms with Crippen molar-refractivity contribution in [3.05, 3.63) is 47.5 Å². The molecule has 2 aromatic carbocycles. The van der Waals surface area contributed by atoms with Gasteiger partial charge >= 0.3 is 0 Å². The molecule has 0 radical (unpaired) electrons. The Labute approximate surface area is 124 Å². The zero-order valence-corrected chi connectivity index (χ0v) is 12.9. The number of aryl methyl sites for hydroxylation is 2. The molecule has 112 valence electrons. The first-order valence-electron chi connectivity index (χ1n) is 6.30. The van der Waals surface area contributed by atoms with Crippen LogP contribution in [0.2, 0.25) is 0 Å². The van der Waals surface area contributed by atoms with Gasteiger partial charge in [-0.3, -0.25) is 4.72 Å². The Kier molecular flexibility index (Phi) is 4.09. The maximum absolute atomic E-state index is 12.3. The van der Waals surface area contributed by atoms with E-state index in [9.17, 15) is 13.5 Å². The molecule has 2 rings (SSSR count). The number of phenolic OH excluding ortho intramolecular Hbond substituents is 1. The molecule has 0 fully saturated rings. The van der Waals surface area contributed by atoms with Crippen molar-refractivity contribution in [3.8, 4) is 11.5 Å². The number of aromatic hydroxyl groups is 1. The average molecular weight is 307 g/mol. The smallest absolute Gasteiger partial charge is 0.261 e. The van der Waals surface area contributed by atoms with Crippen molar-refractivity contribution >= 4 is 15.7 Å². The van der Waals surface area contributed by atoms with E-state index in [1.165, 1.54) is 25.3 Å². The molecule has 0 aliphatic carbocycles. The third-order valence-electron chi connectivity index (χ3n) is 3.22. The maximum Gasteiger partial charge on any atom is 0.261 e. The predicted molar refractivity (Wildman–Crippen MR) is 81.4 cm³/mol. The molecular weight excluding hydrogens is 290 g/mol. The van der Waals surface area contributed by atoms with E-state index in [4.69, 9.17) is 4.74 Å². The first kappa shape index (κ1) is 15.2. The van der Waals surface area contributed by atoms with Crippen LogP contribution < -0.4 is 9.46 Å². The van der Waals surface area contributed by atoms with Crippen LogP contribution in [0, 0.1) is 13.8 Å². The second kappa shape index (κ2) is 5.65. The third-order valence-corrected chi connectivity index (χ3v) is 4.60. The zero-order chi connectivity index (χ0) is 15.6. The van der Waals surface area contributed by atoms with Crippen molar-refractivity contribution in [1.29, 1.82) is 0 Å². The number of hydrogen-bond donors (Lipinski definition) is 2. The number of nitrogens with one attached hydrogen (secondary N) is 1. The molecule has 2 N–H and O–H groups in total. The molecule has 0 aliphatic heterocycles. The Morgan fingerprint density at radius 2 is 1.76 bits per heavy atom. The van der Waals surface area contributed by atoms with Crippen molar-refractivity contribution in [2.75, 3.05) is 11.8 Å². The highest BCUT2D eigenvalue weighted by Crippen LogP contribution is 2.29. The van der Waals surface area contributed by atoms with Crippen molar-refractivity contribution in [1.82, 2.24) is 0 Å². The highest BCUT2D eigenvalue weighted by Gasteiger charge is 2.15. The quantitative estimate of drug-likeness (QED) is 0.910. The predicted octanol–water partition coefficient (Wildman–Crippen LogP) is 2.82. The van der Waals surface area contributed by atoms with Crippen LogP contribution in [0.4, 0.5) is 5.69 Å². The van der Waals surface area contributed by atoms with Crippen molar-refractivity contribution < 1.29 is 18.3 Å². The summed E-state index contributed by atoms with van der Waals surface area (Å²) in [5.41, 5.74) is 2.19. The third kappa shape index (κ3) is 3.28. The average Bonchev–Trinajstić information content (AvgIpc) is 2.41. The number of ether oxygens (including phenoxy) is 1. The Balaban J connectivity index is 2.32. The van der Waals surface area contributed by atoms with Crippen LogP contribution in [0.25, 0.3) is 0 Å².